The van der Waals surface area contributed by atoms with Gasteiger partial charge in [0.25, 0.3) is 11.8 Å². The standard InChI is InChI=1S/C32H35F4N7O3/c1-3-23-20-42(30(45)24-8-7-22(33)18-25(24)32(34,35)36)16-17-43(23)26-9-11-31(46-4-2,21-6-5-12-37-19-21)41-28(26)29(44)40-13-10-27-38-14-15-39-27/h5-9,11-12,14-15,18-19,23,41H,3-4,10,13,16-17,20H2,1-2H3,(H,38,39)(H,40,44)/t23-,31?/m1/s1. The smallest absolute Gasteiger partial charge is 0.363 e. The molecule has 3 aromatic rings. The number of hydrogen-bond acceptors (Lipinski definition) is 7. The summed E-state index contributed by atoms with van der Waals surface area (Å²) in [6.45, 7) is 4.74. The van der Waals surface area contributed by atoms with E-state index >= 15 is 0 Å². The van der Waals surface area contributed by atoms with E-state index in [1.54, 1.807) is 43.0 Å². The molecule has 0 spiro atoms. The van der Waals surface area contributed by atoms with E-state index in [1.165, 1.54) is 4.90 Å². The van der Waals surface area contributed by atoms with Gasteiger partial charge in [0.1, 0.15) is 17.3 Å². The van der Waals surface area contributed by atoms with Crippen molar-refractivity contribution < 1.29 is 31.9 Å². The molecule has 1 saturated heterocycles. The number of H-pyrrole nitrogens is 1. The van der Waals surface area contributed by atoms with Gasteiger partial charge in [-0.2, -0.15) is 13.2 Å². The predicted molar refractivity (Wildman–Crippen MR) is 160 cm³/mol. The molecule has 2 atom stereocenters. The molecular formula is C32H35F4N7O3. The molecule has 1 aromatic carbocycles. The van der Waals surface area contributed by atoms with Crippen LogP contribution in [0, 0.1) is 5.82 Å². The second kappa shape index (κ2) is 13.7. The van der Waals surface area contributed by atoms with E-state index in [-0.39, 0.29) is 31.4 Å². The van der Waals surface area contributed by atoms with E-state index in [9.17, 15) is 27.2 Å². The average molecular weight is 642 g/mol. The van der Waals surface area contributed by atoms with Crippen molar-refractivity contribution in [1.82, 2.24) is 35.4 Å². The van der Waals surface area contributed by atoms with Crippen molar-refractivity contribution >= 4 is 11.8 Å². The van der Waals surface area contributed by atoms with Crippen LogP contribution in [-0.4, -0.2) is 75.4 Å². The maximum absolute atomic E-state index is 13.8. The number of dihydropyridines is 1. The number of ether oxygens (including phenoxy) is 1. The third kappa shape index (κ3) is 6.91. The highest BCUT2D eigenvalue weighted by molar-refractivity contribution is 5.96. The zero-order chi connectivity index (χ0) is 32.9. The topological polar surface area (TPSA) is 115 Å². The summed E-state index contributed by atoms with van der Waals surface area (Å²) in [7, 11) is 0. The second-order valence-corrected chi connectivity index (χ2v) is 10.9. The first-order chi connectivity index (χ1) is 22.1. The molecule has 0 saturated carbocycles. The maximum Gasteiger partial charge on any atom is 0.417 e. The Hall–Kier alpha value is -4.72. The van der Waals surface area contributed by atoms with Crippen molar-refractivity contribution in [2.24, 2.45) is 0 Å². The van der Waals surface area contributed by atoms with Gasteiger partial charge in [0.05, 0.1) is 16.8 Å². The van der Waals surface area contributed by atoms with Gasteiger partial charge in [-0.3, -0.25) is 14.6 Å². The Labute approximate surface area is 263 Å². The number of halogens is 4. The molecule has 46 heavy (non-hydrogen) atoms. The third-order valence-corrected chi connectivity index (χ3v) is 8.00. The number of alkyl halides is 3. The normalized spacial score (nSPS) is 20.1. The van der Waals surface area contributed by atoms with E-state index in [1.807, 2.05) is 24.8 Å². The van der Waals surface area contributed by atoms with Crippen LogP contribution < -0.4 is 10.6 Å². The van der Waals surface area contributed by atoms with Crippen molar-refractivity contribution in [1.29, 1.82) is 0 Å². The monoisotopic (exact) mass is 641 g/mol. The lowest BCUT2D eigenvalue weighted by Crippen LogP contribution is -2.56. The van der Waals surface area contributed by atoms with Gasteiger partial charge in [-0.05, 0) is 49.8 Å². The molecular weight excluding hydrogens is 606 g/mol. The highest BCUT2D eigenvalue weighted by Crippen LogP contribution is 2.35. The minimum Gasteiger partial charge on any atom is -0.363 e. The fourth-order valence-electron chi connectivity index (χ4n) is 5.76. The van der Waals surface area contributed by atoms with Gasteiger partial charge >= 0.3 is 6.18 Å². The maximum atomic E-state index is 13.8. The molecule has 2 amide bonds. The van der Waals surface area contributed by atoms with Crippen molar-refractivity contribution in [2.45, 2.75) is 44.6 Å². The molecule has 2 aliphatic rings. The fourth-order valence-corrected chi connectivity index (χ4v) is 5.76. The number of piperazine rings is 1. The number of carbonyl (C=O) groups is 2. The first-order valence-corrected chi connectivity index (χ1v) is 15.0. The molecule has 244 valence electrons. The van der Waals surface area contributed by atoms with E-state index in [0.717, 1.165) is 12.1 Å². The van der Waals surface area contributed by atoms with Crippen LogP contribution in [0.4, 0.5) is 17.6 Å². The van der Waals surface area contributed by atoms with Crippen molar-refractivity contribution in [3.05, 3.63) is 107 Å². The Kier molecular flexibility index (Phi) is 9.75. The molecule has 3 N–H and O–H groups in total. The molecule has 0 radical (unpaired) electrons. The minimum absolute atomic E-state index is 0.0773. The van der Waals surface area contributed by atoms with Crippen LogP contribution in [0.1, 0.15) is 47.6 Å². The van der Waals surface area contributed by atoms with E-state index in [2.05, 4.69) is 25.6 Å². The van der Waals surface area contributed by atoms with Crippen LogP contribution in [0.15, 0.2) is 78.7 Å². The molecule has 2 aliphatic heterocycles. The molecule has 4 heterocycles. The lowest BCUT2D eigenvalue weighted by Gasteiger charge is -2.46. The Morgan fingerprint density at radius 3 is 2.67 bits per heavy atom. The van der Waals surface area contributed by atoms with Crippen molar-refractivity contribution in [3.63, 3.8) is 0 Å². The summed E-state index contributed by atoms with van der Waals surface area (Å²) in [5.74, 6) is -1.59. The van der Waals surface area contributed by atoms with Crippen molar-refractivity contribution in [3.8, 4) is 0 Å². The third-order valence-electron chi connectivity index (χ3n) is 8.00. The van der Waals surface area contributed by atoms with Gasteiger partial charge in [0.2, 0.25) is 0 Å². The van der Waals surface area contributed by atoms with Crippen LogP contribution in [0.5, 0.6) is 0 Å². The number of aromatic amines is 1. The van der Waals surface area contributed by atoms with Gasteiger partial charge in [-0.1, -0.05) is 13.0 Å². The van der Waals surface area contributed by atoms with E-state index < -0.39 is 40.7 Å². The van der Waals surface area contributed by atoms with Crippen LogP contribution in [0.25, 0.3) is 0 Å². The summed E-state index contributed by atoms with van der Waals surface area (Å²) in [5, 5.41) is 6.27. The van der Waals surface area contributed by atoms with Crippen LogP contribution in [0.2, 0.25) is 0 Å². The fraction of sp³-hybridized carbons (Fsp3) is 0.375. The molecule has 14 heteroatoms. The van der Waals surface area contributed by atoms with Gasteiger partial charge < -0.3 is 30.2 Å². The number of nitrogens with zero attached hydrogens (tertiary/aromatic N) is 4. The van der Waals surface area contributed by atoms with Gasteiger partial charge in [-0.25, -0.2) is 9.37 Å². The Bertz CT molecular complexity index is 1590. The highest BCUT2D eigenvalue weighted by Gasteiger charge is 2.41. The molecule has 1 fully saturated rings. The Morgan fingerprint density at radius 1 is 1.17 bits per heavy atom. The molecule has 2 aromatic heterocycles. The lowest BCUT2D eigenvalue weighted by molar-refractivity contribution is -0.138. The summed E-state index contributed by atoms with van der Waals surface area (Å²) in [5.41, 5.74) is -1.66. The number of carbonyl (C=O) groups excluding carboxylic acids is 2. The minimum atomic E-state index is -4.90. The number of nitrogens with one attached hydrogen (secondary N) is 3. The molecule has 0 bridgehead atoms. The first-order valence-electron chi connectivity index (χ1n) is 15.0. The Balaban J connectivity index is 1.44. The second-order valence-electron chi connectivity index (χ2n) is 10.9. The quantitative estimate of drug-likeness (QED) is 0.286. The summed E-state index contributed by atoms with van der Waals surface area (Å²) >= 11 is 0. The van der Waals surface area contributed by atoms with Gasteiger partial charge in [-0.15, -0.1) is 0 Å². The number of aromatic nitrogens is 3. The molecule has 10 nitrogen and oxygen atoms in total. The van der Waals surface area contributed by atoms with Gasteiger partial charge in [0, 0.05) is 75.6 Å². The summed E-state index contributed by atoms with van der Waals surface area (Å²) in [4.78, 5) is 41.9. The van der Waals surface area contributed by atoms with Crippen LogP contribution >= 0.6 is 0 Å². The SMILES string of the molecule is CCOC1(c2cccnc2)C=CC(N2CCN(C(=O)c3ccc(F)cc3C(F)(F)F)C[C@H]2CC)=C(C(=O)NCCc2ncc[nH]2)N1. The Morgan fingerprint density at radius 2 is 2.00 bits per heavy atom. The summed E-state index contributed by atoms with van der Waals surface area (Å²) in [6.07, 6.45) is 6.30. The van der Waals surface area contributed by atoms with E-state index in [0.29, 0.717) is 49.1 Å². The zero-order valence-corrected chi connectivity index (χ0v) is 25.4. The van der Waals surface area contributed by atoms with Crippen molar-refractivity contribution in [2.75, 3.05) is 32.8 Å². The average Bonchev–Trinajstić information content (AvgIpc) is 3.58. The number of hydrogen-bond donors (Lipinski definition) is 3. The number of benzene rings is 1. The number of pyridine rings is 1. The number of amides is 2. The number of rotatable bonds is 10. The number of allylic oxidation sites excluding steroid dienone is 1. The van der Waals surface area contributed by atoms with Crippen LogP contribution in [-0.2, 0) is 27.9 Å². The number of imidazole rings is 1. The predicted octanol–water partition coefficient (Wildman–Crippen LogP) is 4.12. The largest absolute Gasteiger partial charge is 0.417 e. The molecule has 5 rings (SSSR count). The van der Waals surface area contributed by atoms with E-state index in [4.69, 9.17) is 4.74 Å². The first kappa shape index (κ1) is 32.7. The van der Waals surface area contributed by atoms with Gasteiger partial charge in [0.15, 0.2) is 5.72 Å². The lowest BCUT2D eigenvalue weighted by atomic mass is 9.97. The highest BCUT2D eigenvalue weighted by atomic mass is 19.4. The zero-order valence-electron chi connectivity index (χ0n) is 25.4. The summed E-state index contributed by atoms with van der Waals surface area (Å²) < 4.78 is 61.0. The van der Waals surface area contributed by atoms with Crippen LogP contribution in [0.3, 0.4) is 0 Å². The molecule has 1 unspecified atom stereocenters. The molecule has 0 aliphatic carbocycles. The summed E-state index contributed by atoms with van der Waals surface area (Å²) in [6, 6.07) is 5.32.